The third kappa shape index (κ3) is 6.62. The van der Waals surface area contributed by atoms with E-state index in [1.165, 1.54) is 0 Å². The zero-order valence-corrected chi connectivity index (χ0v) is 21.6. The Labute approximate surface area is 217 Å². The molecule has 1 unspecified atom stereocenters. The summed E-state index contributed by atoms with van der Waals surface area (Å²) in [6.07, 6.45) is 4.35. The highest BCUT2D eigenvalue weighted by Gasteiger charge is 2.37. The van der Waals surface area contributed by atoms with Gasteiger partial charge in [-0.2, -0.15) is 0 Å². The van der Waals surface area contributed by atoms with E-state index in [-0.39, 0.29) is 24.5 Å². The Morgan fingerprint density at radius 1 is 0.944 bits per heavy atom. The predicted molar refractivity (Wildman–Crippen MR) is 139 cm³/mol. The molecule has 36 heavy (non-hydrogen) atoms. The van der Waals surface area contributed by atoms with Gasteiger partial charge in [-0.15, -0.1) is 0 Å². The molecule has 2 aromatic carbocycles. The number of anilines is 1. The van der Waals surface area contributed by atoms with Crippen molar-refractivity contribution < 1.29 is 23.8 Å². The summed E-state index contributed by atoms with van der Waals surface area (Å²) < 4.78 is 16.3. The standard InChI is InChI=1S/C27H34ClN3O5/c1-34-23-15-21(16-24(17-23)35-2)29-27(33)26(19-5-3-4-6-19)31-13-11-30(12-14-31)25(32)18-36-22-9-7-20(28)8-10-22/h7-10,15-17,19,26H,3-6,11-14,18H2,1-2H3,(H,29,33). The minimum absolute atomic E-state index is 0.0220. The predicted octanol–water partition coefficient (Wildman–Crippen LogP) is 4.08. The van der Waals surface area contributed by atoms with Gasteiger partial charge in [0.05, 0.1) is 20.3 Å². The molecular weight excluding hydrogens is 482 g/mol. The Hall–Kier alpha value is -2.97. The summed E-state index contributed by atoms with van der Waals surface area (Å²) >= 11 is 5.90. The second-order valence-electron chi connectivity index (χ2n) is 9.24. The molecule has 9 heteroatoms. The van der Waals surface area contributed by atoms with E-state index in [0.29, 0.717) is 60.1 Å². The minimum Gasteiger partial charge on any atom is -0.497 e. The van der Waals surface area contributed by atoms with Gasteiger partial charge in [-0.05, 0) is 43.0 Å². The number of ether oxygens (including phenoxy) is 3. The summed E-state index contributed by atoms with van der Waals surface area (Å²) in [6, 6.07) is 12.1. The second kappa shape index (κ2) is 12.3. The molecule has 0 spiro atoms. The number of amides is 2. The Bertz CT molecular complexity index is 1010. The van der Waals surface area contributed by atoms with Gasteiger partial charge in [-0.1, -0.05) is 24.4 Å². The number of piperazine rings is 1. The molecule has 1 atom stereocenters. The van der Waals surface area contributed by atoms with Crippen LogP contribution in [0.5, 0.6) is 17.2 Å². The van der Waals surface area contributed by atoms with Crippen LogP contribution in [0.2, 0.25) is 5.02 Å². The Kier molecular flexibility index (Phi) is 8.93. The van der Waals surface area contributed by atoms with Gasteiger partial charge in [0.2, 0.25) is 5.91 Å². The van der Waals surface area contributed by atoms with Crippen molar-refractivity contribution in [1.82, 2.24) is 9.80 Å². The van der Waals surface area contributed by atoms with Gasteiger partial charge in [0.25, 0.3) is 5.91 Å². The lowest BCUT2D eigenvalue weighted by molar-refractivity contribution is -0.136. The van der Waals surface area contributed by atoms with E-state index in [4.69, 9.17) is 25.8 Å². The summed E-state index contributed by atoms with van der Waals surface area (Å²) in [6.45, 7) is 2.38. The third-order valence-corrected chi connectivity index (χ3v) is 7.22. The van der Waals surface area contributed by atoms with Gasteiger partial charge in [0.1, 0.15) is 17.2 Å². The maximum atomic E-state index is 13.6. The molecular formula is C27H34ClN3O5. The van der Waals surface area contributed by atoms with Crippen molar-refractivity contribution >= 4 is 29.1 Å². The van der Waals surface area contributed by atoms with Crippen molar-refractivity contribution in [2.45, 2.75) is 31.7 Å². The Morgan fingerprint density at radius 3 is 2.14 bits per heavy atom. The highest BCUT2D eigenvalue weighted by atomic mass is 35.5. The Balaban J connectivity index is 1.37. The summed E-state index contributed by atoms with van der Waals surface area (Å²) in [5.41, 5.74) is 0.646. The quantitative estimate of drug-likeness (QED) is 0.542. The average molecular weight is 516 g/mol. The van der Waals surface area contributed by atoms with Crippen LogP contribution in [0.4, 0.5) is 5.69 Å². The first kappa shape index (κ1) is 26.1. The lowest BCUT2D eigenvalue weighted by atomic mass is 9.95. The number of hydrogen-bond acceptors (Lipinski definition) is 6. The number of carbonyl (C=O) groups excluding carboxylic acids is 2. The summed E-state index contributed by atoms with van der Waals surface area (Å²) in [4.78, 5) is 30.3. The topological polar surface area (TPSA) is 80.3 Å². The molecule has 2 aromatic rings. The number of nitrogens with zero attached hydrogens (tertiary/aromatic N) is 2. The van der Waals surface area contributed by atoms with Crippen molar-refractivity contribution in [3.05, 3.63) is 47.5 Å². The molecule has 8 nitrogen and oxygen atoms in total. The van der Waals surface area contributed by atoms with Crippen molar-refractivity contribution in [3.8, 4) is 17.2 Å². The molecule has 1 heterocycles. The number of halogens is 1. The number of benzene rings is 2. The number of rotatable bonds is 9. The molecule has 2 fully saturated rings. The van der Waals surface area contributed by atoms with Crippen LogP contribution in [0.25, 0.3) is 0 Å². The van der Waals surface area contributed by atoms with E-state index in [9.17, 15) is 9.59 Å². The second-order valence-corrected chi connectivity index (χ2v) is 9.68. The van der Waals surface area contributed by atoms with E-state index in [2.05, 4.69) is 10.2 Å². The molecule has 1 N–H and O–H groups in total. The van der Waals surface area contributed by atoms with Crippen LogP contribution in [0.15, 0.2) is 42.5 Å². The fraction of sp³-hybridized carbons (Fsp3) is 0.481. The maximum Gasteiger partial charge on any atom is 0.260 e. The van der Waals surface area contributed by atoms with E-state index < -0.39 is 0 Å². The van der Waals surface area contributed by atoms with Gasteiger partial charge in [-0.25, -0.2) is 0 Å². The van der Waals surface area contributed by atoms with Crippen LogP contribution in [-0.4, -0.2) is 74.7 Å². The summed E-state index contributed by atoms with van der Waals surface area (Å²) in [7, 11) is 3.17. The van der Waals surface area contributed by atoms with Gasteiger partial charge in [0, 0.05) is 55.1 Å². The molecule has 194 valence electrons. The van der Waals surface area contributed by atoms with E-state index in [0.717, 1.165) is 25.7 Å². The van der Waals surface area contributed by atoms with Gasteiger partial charge >= 0.3 is 0 Å². The van der Waals surface area contributed by atoms with Gasteiger partial charge < -0.3 is 24.4 Å². The molecule has 4 rings (SSSR count). The zero-order valence-electron chi connectivity index (χ0n) is 20.9. The molecule has 1 aliphatic carbocycles. The lowest BCUT2D eigenvalue weighted by Gasteiger charge is -2.40. The van der Waals surface area contributed by atoms with Crippen LogP contribution in [0, 0.1) is 5.92 Å². The van der Waals surface area contributed by atoms with Crippen LogP contribution in [0.3, 0.4) is 0 Å². The van der Waals surface area contributed by atoms with Gasteiger partial charge in [0.15, 0.2) is 6.61 Å². The number of hydrogen-bond donors (Lipinski definition) is 1. The monoisotopic (exact) mass is 515 g/mol. The molecule has 1 saturated heterocycles. The molecule has 1 aliphatic heterocycles. The van der Waals surface area contributed by atoms with Crippen LogP contribution >= 0.6 is 11.6 Å². The van der Waals surface area contributed by atoms with Crippen LogP contribution in [-0.2, 0) is 9.59 Å². The first-order chi connectivity index (χ1) is 17.5. The van der Waals surface area contributed by atoms with E-state index in [1.807, 2.05) is 4.90 Å². The fourth-order valence-corrected chi connectivity index (χ4v) is 5.19. The number of methoxy groups -OCH3 is 2. The largest absolute Gasteiger partial charge is 0.497 e. The van der Waals surface area contributed by atoms with Gasteiger partial charge in [-0.3, -0.25) is 14.5 Å². The third-order valence-electron chi connectivity index (χ3n) is 6.97. The minimum atomic E-state index is -0.243. The smallest absolute Gasteiger partial charge is 0.260 e. The van der Waals surface area contributed by atoms with Crippen LogP contribution < -0.4 is 19.5 Å². The van der Waals surface area contributed by atoms with E-state index in [1.54, 1.807) is 56.7 Å². The fourth-order valence-electron chi connectivity index (χ4n) is 5.06. The molecule has 0 radical (unpaired) electrons. The first-order valence-corrected chi connectivity index (χ1v) is 12.8. The van der Waals surface area contributed by atoms with Crippen molar-refractivity contribution in [2.24, 2.45) is 5.92 Å². The molecule has 2 amide bonds. The molecule has 0 bridgehead atoms. The van der Waals surface area contributed by atoms with E-state index >= 15 is 0 Å². The SMILES string of the molecule is COc1cc(NC(=O)C(C2CCCC2)N2CCN(C(=O)COc3ccc(Cl)cc3)CC2)cc(OC)c1. The van der Waals surface area contributed by atoms with Crippen molar-refractivity contribution in [1.29, 1.82) is 0 Å². The zero-order chi connectivity index (χ0) is 25.5. The van der Waals surface area contributed by atoms with Crippen LogP contribution in [0.1, 0.15) is 25.7 Å². The lowest BCUT2D eigenvalue weighted by Crippen LogP contribution is -2.57. The van der Waals surface area contributed by atoms with Crippen molar-refractivity contribution in [2.75, 3.05) is 52.3 Å². The molecule has 2 aliphatic rings. The Morgan fingerprint density at radius 2 is 1.56 bits per heavy atom. The average Bonchev–Trinajstić information content (AvgIpc) is 3.42. The number of carbonyl (C=O) groups is 2. The van der Waals surface area contributed by atoms with Crippen molar-refractivity contribution in [3.63, 3.8) is 0 Å². The normalized spacial score (nSPS) is 17.5. The molecule has 1 saturated carbocycles. The first-order valence-electron chi connectivity index (χ1n) is 12.4. The molecule has 0 aromatic heterocycles. The summed E-state index contributed by atoms with van der Waals surface area (Å²) in [5, 5.41) is 3.71. The summed E-state index contributed by atoms with van der Waals surface area (Å²) in [5.74, 6) is 2.06. The number of nitrogens with one attached hydrogen (secondary N) is 1. The highest BCUT2D eigenvalue weighted by Crippen LogP contribution is 2.32. The maximum absolute atomic E-state index is 13.6. The highest BCUT2D eigenvalue weighted by molar-refractivity contribution is 6.30.